The Morgan fingerprint density at radius 2 is 1.71 bits per heavy atom. The molecule has 0 aliphatic carbocycles. The lowest BCUT2D eigenvalue weighted by Gasteiger charge is -2.11. The molecule has 4 rings (SSSR count). The molecule has 0 unspecified atom stereocenters. The number of hydrogen-bond donors (Lipinski definition) is 2. The van der Waals surface area contributed by atoms with Gasteiger partial charge in [0.05, 0.1) is 11.4 Å². The Hall–Kier alpha value is -4.01. The summed E-state index contributed by atoms with van der Waals surface area (Å²) in [7, 11) is -2.12. The first-order valence-electron chi connectivity index (χ1n) is 11.1. The summed E-state index contributed by atoms with van der Waals surface area (Å²) in [5.74, 6) is -0.235. The number of rotatable bonds is 9. The summed E-state index contributed by atoms with van der Waals surface area (Å²) in [6.45, 7) is 1.10. The largest absolute Gasteiger partial charge is 0.348 e. The fraction of sp³-hybridized carbons (Fsp3) is 0.111. The van der Waals surface area contributed by atoms with Gasteiger partial charge in [-0.3, -0.25) is 9.48 Å². The standard InChI is InChI=1S/C27H26N4O3S/c1-28-35(33,34)25-14-9-21(10-15-25)11-16-27(32)29-19-24-5-2-3-6-26(24)23-12-7-22(8-13-23)20-31-18-4-17-30-31/h2-18,28H,19-20H2,1H3,(H,29,32). The van der Waals surface area contributed by atoms with Gasteiger partial charge in [-0.2, -0.15) is 5.10 Å². The van der Waals surface area contributed by atoms with Crippen molar-refractivity contribution in [3.05, 3.63) is 114 Å². The van der Waals surface area contributed by atoms with E-state index in [0.29, 0.717) is 13.1 Å². The molecule has 7 nitrogen and oxygen atoms in total. The molecule has 2 N–H and O–H groups in total. The van der Waals surface area contributed by atoms with Crippen LogP contribution in [-0.2, 0) is 27.9 Å². The predicted molar refractivity (Wildman–Crippen MR) is 137 cm³/mol. The van der Waals surface area contributed by atoms with Crippen LogP contribution in [0, 0.1) is 0 Å². The van der Waals surface area contributed by atoms with E-state index in [1.165, 1.54) is 25.3 Å². The third-order valence-corrected chi connectivity index (χ3v) is 6.96. The van der Waals surface area contributed by atoms with Crippen LogP contribution in [-0.4, -0.2) is 31.2 Å². The van der Waals surface area contributed by atoms with Crippen molar-refractivity contribution in [3.63, 3.8) is 0 Å². The van der Waals surface area contributed by atoms with Gasteiger partial charge in [-0.05, 0) is 59.1 Å². The Bertz CT molecular complexity index is 1410. The Morgan fingerprint density at radius 3 is 2.40 bits per heavy atom. The number of aromatic nitrogens is 2. The van der Waals surface area contributed by atoms with Crippen molar-refractivity contribution in [1.82, 2.24) is 19.8 Å². The smallest absolute Gasteiger partial charge is 0.244 e. The molecule has 35 heavy (non-hydrogen) atoms. The van der Waals surface area contributed by atoms with Crippen molar-refractivity contribution >= 4 is 22.0 Å². The van der Waals surface area contributed by atoms with E-state index in [1.807, 2.05) is 41.2 Å². The lowest BCUT2D eigenvalue weighted by atomic mass is 9.98. The highest BCUT2D eigenvalue weighted by Crippen LogP contribution is 2.24. The van der Waals surface area contributed by atoms with E-state index in [1.54, 1.807) is 24.4 Å². The Morgan fingerprint density at radius 1 is 0.971 bits per heavy atom. The molecular formula is C27H26N4O3S. The van der Waals surface area contributed by atoms with E-state index in [-0.39, 0.29) is 10.8 Å². The topological polar surface area (TPSA) is 93.1 Å². The number of nitrogens with zero attached hydrogens (tertiary/aromatic N) is 2. The quantitative estimate of drug-likeness (QED) is 0.352. The summed E-state index contributed by atoms with van der Waals surface area (Å²) >= 11 is 0. The Labute approximate surface area is 205 Å². The molecule has 3 aromatic carbocycles. The zero-order chi connectivity index (χ0) is 24.7. The number of carbonyl (C=O) groups is 1. The van der Waals surface area contributed by atoms with Gasteiger partial charge < -0.3 is 5.32 Å². The van der Waals surface area contributed by atoms with E-state index >= 15 is 0 Å². The summed E-state index contributed by atoms with van der Waals surface area (Å²) in [6.07, 6.45) is 6.79. The van der Waals surface area contributed by atoms with Gasteiger partial charge >= 0.3 is 0 Å². The minimum absolute atomic E-state index is 0.174. The average molecular weight is 487 g/mol. The zero-order valence-corrected chi connectivity index (χ0v) is 20.1. The molecule has 1 heterocycles. The lowest BCUT2D eigenvalue weighted by molar-refractivity contribution is -0.116. The molecule has 0 saturated heterocycles. The van der Waals surface area contributed by atoms with Gasteiger partial charge in [0.15, 0.2) is 0 Å². The molecular weight excluding hydrogens is 460 g/mol. The monoisotopic (exact) mass is 486 g/mol. The zero-order valence-electron chi connectivity index (χ0n) is 19.3. The van der Waals surface area contributed by atoms with Crippen LogP contribution in [0.4, 0.5) is 0 Å². The molecule has 4 aromatic rings. The molecule has 1 amide bonds. The minimum atomic E-state index is -3.48. The summed E-state index contributed by atoms with van der Waals surface area (Å²) in [6, 6.07) is 24.5. The van der Waals surface area contributed by atoms with Crippen LogP contribution in [0.15, 0.2) is 102 Å². The van der Waals surface area contributed by atoms with Crippen molar-refractivity contribution in [3.8, 4) is 11.1 Å². The van der Waals surface area contributed by atoms with E-state index in [0.717, 1.165) is 27.8 Å². The normalized spacial score (nSPS) is 11.6. The lowest BCUT2D eigenvalue weighted by Crippen LogP contribution is -2.20. The van der Waals surface area contributed by atoms with Crippen LogP contribution in [0.3, 0.4) is 0 Å². The first-order valence-corrected chi connectivity index (χ1v) is 12.6. The summed E-state index contributed by atoms with van der Waals surface area (Å²) in [4.78, 5) is 12.6. The van der Waals surface area contributed by atoms with Crippen molar-refractivity contribution in [2.45, 2.75) is 18.0 Å². The molecule has 0 atom stereocenters. The first kappa shape index (κ1) is 24.1. The van der Waals surface area contributed by atoms with Gasteiger partial charge in [0.25, 0.3) is 0 Å². The van der Waals surface area contributed by atoms with Crippen LogP contribution < -0.4 is 10.0 Å². The number of carbonyl (C=O) groups excluding carboxylic acids is 1. The van der Waals surface area contributed by atoms with Gasteiger partial charge in [-0.15, -0.1) is 0 Å². The fourth-order valence-electron chi connectivity index (χ4n) is 3.62. The number of nitrogens with one attached hydrogen (secondary N) is 2. The van der Waals surface area contributed by atoms with Crippen LogP contribution in [0.2, 0.25) is 0 Å². The van der Waals surface area contributed by atoms with Gasteiger partial charge in [0, 0.05) is 25.0 Å². The minimum Gasteiger partial charge on any atom is -0.348 e. The number of hydrogen-bond acceptors (Lipinski definition) is 4. The molecule has 0 saturated carbocycles. The van der Waals surface area contributed by atoms with Crippen molar-refractivity contribution in [2.75, 3.05) is 7.05 Å². The highest BCUT2D eigenvalue weighted by atomic mass is 32.2. The van der Waals surface area contributed by atoms with Crippen molar-refractivity contribution in [2.24, 2.45) is 0 Å². The molecule has 0 aliphatic heterocycles. The number of benzene rings is 3. The summed E-state index contributed by atoms with van der Waals surface area (Å²) in [5.41, 5.74) is 5.03. The maximum absolute atomic E-state index is 12.4. The molecule has 178 valence electrons. The SMILES string of the molecule is CNS(=O)(=O)c1ccc(C=CC(=O)NCc2ccccc2-c2ccc(Cn3cccn3)cc2)cc1. The van der Waals surface area contributed by atoms with Gasteiger partial charge in [-0.25, -0.2) is 13.1 Å². The highest BCUT2D eigenvalue weighted by Gasteiger charge is 2.10. The Balaban J connectivity index is 1.38. The van der Waals surface area contributed by atoms with E-state index in [9.17, 15) is 13.2 Å². The third-order valence-electron chi connectivity index (χ3n) is 5.53. The Kier molecular flexibility index (Phi) is 7.54. The second kappa shape index (κ2) is 10.9. The van der Waals surface area contributed by atoms with Crippen LogP contribution in [0.5, 0.6) is 0 Å². The van der Waals surface area contributed by atoms with Gasteiger partial charge in [0.1, 0.15) is 0 Å². The van der Waals surface area contributed by atoms with Crippen LogP contribution >= 0.6 is 0 Å². The molecule has 8 heteroatoms. The predicted octanol–water partition coefficient (Wildman–Crippen LogP) is 3.84. The van der Waals surface area contributed by atoms with E-state index < -0.39 is 10.0 Å². The first-order chi connectivity index (χ1) is 16.9. The molecule has 0 spiro atoms. The van der Waals surface area contributed by atoms with Crippen LogP contribution in [0.1, 0.15) is 16.7 Å². The van der Waals surface area contributed by atoms with Crippen molar-refractivity contribution in [1.29, 1.82) is 0 Å². The average Bonchev–Trinajstić information content (AvgIpc) is 3.40. The molecule has 1 aromatic heterocycles. The molecule has 0 fully saturated rings. The number of amides is 1. The van der Waals surface area contributed by atoms with E-state index in [2.05, 4.69) is 39.4 Å². The van der Waals surface area contributed by atoms with Crippen molar-refractivity contribution < 1.29 is 13.2 Å². The molecule has 0 aliphatic rings. The summed E-state index contributed by atoms with van der Waals surface area (Å²) in [5, 5.41) is 7.16. The second-order valence-corrected chi connectivity index (χ2v) is 9.77. The molecule has 0 radical (unpaired) electrons. The second-order valence-electron chi connectivity index (χ2n) is 7.89. The van der Waals surface area contributed by atoms with Crippen LogP contribution in [0.25, 0.3) is 17.2 Å². The van der Waals surface area contributed by atoms with E-state index in [4.69, 9.17) is 0 Å². The maximum Gasteiger partial charge on any atom is 0.244 e. The third kappa shape index (κ3) is 6.32. The van der Waals surface area contributed by atoms with Gasteiger partial charge in [0.2, 0.25) is 15.9 Å². The number of sulfonamides is 1. The summed E-state index contributed by atoms with van der Waals surface area (Å²) < 4.78 is 27.8. The highest BCUT2D eigenvalue weighted by molar-refractivity contribution is 7.89. The fourth-order valence-corrected chi connectivity index (χ4v) is 4.35. The maximum atomic E-state index is 12.4. The molecule has 0 bridgehead atoms. The van der Waals surface area contributed by atoms with Gasteiger partial charge in [-0.1, -0.05) is 60.7 Å².